The van der Waals surface area contributed by atoms with E-state index in [0.29, 0.717) is 30.2 Å². The molecule has 0 aromatic heterocycles. The molecule has 0 saturated heterocycles. The van der Waals surface area contributed by atoms with Crippen LogP contribution in [0.3, 0.4) is 0 Å². The third-order valence-corrected chi connectivity index (χ3v) is 5.82. The second kappa shape index (κ2) is 9.73. The molecule has 0 aliphatic carbocycles. The minimum atomic E-state index is -0.467. The van der Waals surface area contributed by atoms with Crippen LogP contribution in [-0.2, 0) is 20.7 Å². The molecule has 0 radical (unpaired) electrons. The maximum atomic E-state index is 13.1. The quantitative estimate of drug-likeness (QED) is 0.631. The van der Waals surface area contributed by atoms with E-state index in [-0.39, 0.29) is 24.9 Å². The molecule has 7 heteroatoms. The Bertz CT molecular complexity index is 971. The maximum Gasteiger partial charge on any atom is 0.307 e. The van der Waals surface area contributed by atoms with Crippen molar-refractivity contribution in [3.8, 4) is 17.2 Å². The van der Waals surface area contributed by atoms with Crippen molar-refractivity contribution in [3.05, 3.63) is 52.6 Å². The van der Waals surface area contributed by atoms with Crippen LogP contribution in [0.1, 0.15) is 34.7 Å². The molecule has 166 valence electrons. The van der Waals surface area contributed by atoms with Gasteiger partial charge in [-0.3, -0.25) is 9.59 Å². The molecule has 0 spiro atoms. The van der Waals surface area contributed by atoms with Gasteiger partial charge in [-0.1, -0.05) is 12.1 Å². The number of ether oxygens (including phenoxy) is 4. The van der Waals surface area contributed by atoms with Crippen molar-refractivity contribution in [2.75, 3.05) is 34.5 Å². The van der Waals surface area contributed by atoms with Gasteiger partial charge < -0.3 is 23.8 Å². The van der Waals surface area contributed by atoms with Crippen LogP contribution < -0.4 is 14.2 Å². The largest absolute Gasteiger partial charge is 0.493 e. The lowest BCUT2D eigenvalue weighted by Crippen LogP contribution is -2.43. The van der Waals surface area contributed by atoms with Gasteiger partial charge in [-0.05, 0) is 60.7 Å². The van der Waals surface area contributed by atoms with Crippen molar-refractivity contribution in [1.29, 1.82) is 0 Å². The van der Waals surface area contributed by atoms with Crippen molar-refractivity contribution in [1.82, 2.24) is 4.90 Å². The number of carbonyl (C=O) groups excluding carboxylic acids is 2. The number of hydrogen-bond donors (Lipinski definition) is 0. The van der Waals surface area contributed by atoms with Gasteiger partial charge in [0, 0.05) is 6.54 Å². The molecule has 31 heavy (non-hydrogen) atoms. The van der Waals surface area contributed by atoms with Crippen LogP contribution in [0, 0.1) is 13.8 Å². The predicted molar refractivity (Wildman–Crippen MR) is 116 cm³/mol. The van der Waals surface area contributed by atoms with Crippen molar-refractivity contribution >= 4 is 11.9 Å². The fourth-order valence-corrected chi connectivity index (χ4v) is 3.89. The fraction of sp³-hybridized carbons (Fsp3) is 0.417. The van der Waals surface area contributed by atoms with Gasteiger partial charge in [-0.15, -0.1) is 0 Å². The first-order chi connectivity index (χ1) is 14.9. The third-order valence-electron chi connectivity index (χ3n) is 5.82. The predicted octanol–water partition coefficient (Wildman–Crippen LogP) is 3.39. The average Bonchev–Trinajstić information content (AvgIpc) is 2.78. The molecule has 2 aromatic carbocycles. The summed E-state index contributed by atoms with van der Waals surface area (Å²) in [6, 6.07) is 9.04. The summed E-state index contributed by atoms with van der Waals surface area (Å²) in [5, 5.41) is 0. The standard InChI is InChI=1S/C24H29NO6/c1-15-7-6-8-20(16(15)2)31-14-23(26)25-10-9-17-11-21(28-3)22(29-4)12-18(17)19(25)13-24(27)30-5/h6-8,11-12,19H,9-10,13-14H2,1-5H3/t19-/m0/s1. The Morgan fingerprint density at radius 1 is 1.03 bits per heavy atom. The number of fused-ring (bicyclic) bond motifs is 1. The van der Waals surface area contributed by atoms with Gasteiger partial charge in [0.25, 0.3) is 5.91 Å². The second-order valence-electron chi connectivity index (χ2n) is 7.53. The number of methoxy groups -OCH3 is 3. The van der Waals surface area contributed by atoms with E-state index in [1.807, 2.05) is 44.2 Å². The van der Waals surface area contributed by atoms with Gasteiger partial charge >= 0.3 is 5.97 Å². The molecule has 1 amide bonds. The summed E-state index contributed by atoms with van der Waals surface area (Å²) in [5.41, 5.74) is 3.98. The first-order valence-corrected chi connectivity index (χ1v) is 10.2. The number of aryl methyl sites for hydroxylation is 1. The van der Waals surface area contributed by atoms with Crippen LogP contribution in [0.5, 0.6) is 17.2 Å². The molecular weight excluding hydrogens is 398 g/mol. The SMILES string of the molecule is COC(=O)C[C@H]1c2cc(OC)c(OC)cc2CCN1C(=O)COc1cccc(C)c1C. The highest BCUT2D eigenvalue weighted by Gasteiger charge is 2.34. The minimum absolute atomic E-state index is 0.0498. The Labute approximate surface area is 182 Å². The van der Waals surface area contributed by atoms with Crippen LogP contribution in [0.15, 0.2) is 30.3 Å². The molecule has 0 bridgehead atoms. The van der Waals surface area contributed by atoms with Crippen molar-refractivity contribution < 1.29 is 28.5 Å². The van der Waals surface area contributed by atoms with Gasteiger partial charge in [-0.2, -0.15) is 0 Å². The van der Waals surface area contributed by atoms with E-state index < -0.39 is 6.04 Å². The van der Waals surface area contributed by atoms with Gasteiger partial charge in [0.05, 0.1) is 33.8 Å². The molecule has 7 nitrogen and oxygen atoms in total. The van der Waals surface area contributed by atoms with Crippen molar-refractivity contribution in [3.63, 3.8) is 0 Å². The summed E-state index contributed by atoms with van der Waals surface area (Å²) in [5.74, 6) is 1.28. The Kier molecular flexibility index (Phi) is 7.05. The number of esters is 1. The molecule has 0 saturated carbocycles. The highest BCUT2D eigenvalue weighted by molar-refractivity contribution is 5.80. The van der Waals surface area contributed by atoms with Gasteiger partial charge in [0.2, 0.25) is 0 Å². The van der Waals surface area contributed by atoms with Crippen LogP contribution in [0.25, 0.3) is 0 Å². The summed E-state index contributed by atoms with van der Waals surface area (Å²) >= 11 is 0. The highest BCUT2D eigenvalue weighted by Crippen LogP contribution is 2.39. The Morgan fingerprint density at radius 3 is 2.42 bits per heavy atom. The number of benzene rings is 2. The molecule has 0 unspecified atom stereocenters. The zero-order valence-electron chi connectivity index (χ0n) is 18.7. The van der Waals surface area contributed by atoms with E-state index in [2.05, 4.69) is 0 Å². The van der Waals surface area contributed by atoms with E-state index in [1.165, 1.54) is 7.11 Å². The lowest BCUT2D eigenvalue weighted by atomic mass is 9.90. The molecular formula is C24H29NO6. The highest BCUT2D eigenvalue weighted by atomic mass is 16.5. The summed E-state index contributed by atoms with van der Waals surface area (Å²) in [4.78, 5) is 27.0. The maximum absolute atomic E-state index is 13.1. The first-order valence-electron chi connectivity index (χ1n) is 10.2. The fourth-order valence-electron chi connectivity index (χ4n) is 3.89. The number of nitrogens with zero attached hydrogens (tertiary/aromatic N) is 1. The summed E-state index contributed by atoms with van der Waals surface area (Å²) in [6.07, 6.45) is 0.691. The summed E-state index contributed by atoms with van der Waals surface area (Å²) in [7, 11) is 4.49. The molecule has 1 aliphatic heterocycles. The third kappa shape index (κ3) is 4.76. The van der Waals surface area contributed by atoms with E-state index in [0.717, 1.165) is 22.3 Å². The molecule has 0 N–H and O–H groups in total. The van der Waals surface area contributed by atoms with E-state index in [1.54, 1.807) is 19.1 Å². The van der Waals surface area contributed by atoms with Crippen molar-refractivity contribution in [2.45, 2.75) is 32.7 Å². The average molecular weight is 427 g/mol. The summed E-state index contributed by atoms with van der Waals surface area (Å²) in [6.45, 7) is 4.33. The zero-order chi connectivity index (χ0) is 22.5. The van der Waals surface area contributed by atoms with Crippen molar-refractivity contribution in [2.24, 2.45) is 0 Å². The van der Waals surface area contributed by atoms with Gasteiger partial charge in [0.1, 0.15) is 5.75 Å². The van der Waals surface area contributed by atoms with Gasteiger partial charge in [-0.25, -0.2) is 0 Å². The molecule has 3 rings (SSSR count). The van der Waals surface area contributed by atoms with Crippen LogP contribution >= 0.6 is 0 Å². The number of amides is 1. The van der Waals surface area contributed by atoms with E-state index in [9.17, 15) is 9.59 Å². The number of rotatable bonds is 7. The number of carbonyl (C=O) groups is 2. The molecule has 1 aliphatic rings. The summed E-state index contributed by atoms with van der Waals surface area (Å²) < 4.78 is 21.6. The molecule has 0 fully saturated rings. The molecule has 1 heterocycles. The first kappa shape index (κ1) is 22.5. The van der Waals surface area contributed by atoms with E-state index >= 15 is 0 Å². The lowest BCUT2D eigenvalue weighted by molar-refractivity contribution is -0.144. The minimum Gasteiger partial charge on any atom is -0.493 e. The Hall–Kier alpha value is -3.22. The Morgan fingerprint density at radius 2 is 1.74 bits per heavy atom. The van der Waals surface area contributed by atoms with Crippen LogP contribution in [-0.4, -0.2) is 51.3 Å². The molecule has 2 aromatic rings. The van der Waals surface area contributed by atoms with Crippen LogP contribution in [0.4, 0.5) is 0 Å². The smallest absolute Gasteiger partial charge is 0.307 e. The Balaban J connectivity index is 1.87. The number of hydrogen-bond acceptors (Lipinski definition) is 6. The monoisotopic (exact) mass is 427 g/mol. The van der Waals surface area contributed by atoms with Gasteiger partial charge in [0.15, 0.2) is 18.1 Å². The topological polar surface area (TPSA) is 74.3 Å². The van der Waals surface area contributed by atoms with Crippen LogP contribution in [0.2, 0.25) is 0 Å². The normalized spacial score (nSPS) is 15.1. The zero-order valence-corrected chi connectivity index (χ0v) is 18.7. The lowest BCUT2D eigenvalue weighted by Gasteiger charge is -2.37. The second-order valence-corrected chi connectivity index (χ2v) is 7.53. The molecule has 1 atom stereocenters. The van der Waals surface area contributed by atoms with E-state index in [4.69, 9.17) is 18.9 Å².